The van der Waals surface area contributed by atoms with Crippen molar-refractivity contribution in [3.63, 3.8) is 0 Å². The average Bonchev–Trinajstić information content (AvgIpc) is 3.39. The number of hydrazine groups is 1. The van der Waals surface area contributed by atoms with Crippen LogP contribution in [0.4, 0.5) is 4.39 Å². The van der Waals surface area contributed by atoms with Crippen molar-refractivity contribution >= 4 is 5.91 Å². The molecule has 7 nitrogen and oxygen atoms in total. The Morgan fingerprint density at radius 1 is 1.10 bits per heavy atom. The Bertz CT molecular complexity index is 1050. The molecule has 1 saturated heterocycles. The van der Waals surface area contributed by atoms with Crippen LogP contribution in [-0.2, 0) is 11.3 Å². The highest BCUT2D eigenvalue weighted by molar-refractivity contribution is 5.84. The molecule has 1 fully saturated rings. The molecule has 5 rings (SSSR count). The monoisotopic (exact) mass is 391 g/mol. The van der Waals surface area contributed by atoms with Crippen LogP contribution in [0.3, 0.4) is 0 Å². The van der Waals surface area contributed by atoms with Crippen molar-refractivity contribution in [2.75, 3.05) is 0 Å². The molecule has 0 saturated carbocycles. The van der Waals surface area contributed by atoms with E-state index in [0.29, 0.717) is 18.1 Å². The van der Waals surface area contributed by atoms with E-state index in [-0.39, 0.29) is 30.4 Å². The van der Waals surface area contributed by atoms with Crippen molar-refractivity contribution < 1.29 is 13.7 Å². The molecule has 2 aromatic carbocycles. The molecule has 2 unspecified atom stereocenters. The maximum absolute atomic E-state index is 13.2. The first-order chi connectivity index (χ1) is 14.2. The van der Waals surface area contributed by atoms with Gasteiger partial charge in [0, 0.05) is 18.0 Å². The summed E-state index contributed by atoms with van der Waals surface area (Å²) in [5.41, 5.74) is 5.09. The number of nitrogens with one attached hydrogen (secondary N) is 1. The Hall–Kier alpha value is -3.52. The molecule has 0 bridgehead atoms. The predicted octanol–water partition coefficient (Wildman–Crippen LogP) is 3.01. The number of hydrogen-bond donors (Lipinski definition) is 1. The second-order valence-corrected chi connectivity index (χ2v) is 7.03. The first-order valence-corrected chi connectivity index (χ1v) is 9.34. The molecule has 146 valence electrons. The van der Waals surface area contributed by atoms with E-state index < -0.39 is 0 Å². The van der Waals surface area contributed by atoms with Crippen molar-refractivity contribution in [2.45, 2.75) is 25.0 Å². The Morgan fingerprint density at radius 3 is 2.69 bits per heavy atom. The van der Waals surface area contributed by atoms with Gasteiger partial charge in [0.2, 0.25) is 11.7 Å². The van der Waals surface area contributed by atoms with Crippen molar-refractivity contribution in [3.8, 4) is 11.4 Å². The van der Waals surface area contributed by atoms with Gasteiger partial charge in [-0.25, -0.2) is 9.82 Å². The number of benzene rings is 2. The quantitative estimate of drug-likeness (QED) is 0.737. The largest absolute Gasteiger partial charge is 0.337 e. The molecule has 2 aliphatic rings. The van der Waals surface area contributed by atoms with Crippen LogP contribution in [0.2, 0.25) is 0 Å². The van der Waals surface area contributed by atoms with Gasteiger partial charge in [-0.2, -0.15) is 4.98 Å². The van der Waals surface area contributed by atoms with Gasteiger partial charge in [-0.05, 0) is 24.1 Å². The SMILES string of the molecule is O=C1C2CC(c3ccc(F)cc3)NN2C=CN1Cc1nc(-c2ccccc2)no1. The second-order valence-electron chi connectivity index (χ2n) is 7.03. The minimum atomic E-state index is -0.341. The fraction of sp³-hybridized carbons (Fsp3) is 0.190. The molecule has 3 heterocycles. The molecule has 1 amide bonds. The molecular weight excluding hydrogens is 373 g/mol. The van der Waals surface area contributed by atoms with Gasteiger partial charge >= 0.3 is 0 Å². The molecule has 2 atom stereocenters. The van der Waals surface area contributed by atoms with E-state index in [1.54, 1.807) is 28.2 Å². The highest BCUT2D eigenvalue weighted by Gasteiger charge is 2.40. The van der Waals surface area contributed by atoms with E-state index in [2.05, 4.69) is 15.6 Å². The van der Waals surface area contributed by atoms with Crippen LogP contribution in [0.5, 0.6) is 0 Å². The second kappa shape index (κ2) is 7.14. The van der Waals surface area contributed by atoms with Gasteiger partial charge in [0.05, 0.1) is 6.04 Å². The van der Waals surface area contributed by atoms with E-state index >= 15 is 0 Å². The summed E-state index contributed by atoms with van der Waals surface area (Å²) in [7, 11) is 0. The summed E-state index contributed by atoms with van der Waals surface area (Å²) < 4.78 is 18.5. The molecule has 0 spiro atoms. The first kappa shape index (κ1) is 17.6. The van der Waals surface area contributed by atoms with Gasteiger partial charge in [0.1, 0.15) is 18.4 Å². The first-order valence-electron chi connectivity index (χ1n) is 9.34. The Morgan fingerprint density at radius 2 is 1.90 bits per heavy atom. The Labute approximate surface area is 166 Å². The number of rotatable bonds is 4. The van der Waals surface area contributed by atoms with Gasteiger partial charge in [0.25, 0.3) is 5.91 Å². The average molecular weight is 391 g/mol. The van der Waals surface area contributed by atoms with Crippen molar-refractivity contribution in [2.24, 2.45) is 0 Å². The number of aromatic nitrogens is 2. The van der Waals surface area contributed by atoms with Crippen LogP contribution in [0.1, 0.15) is 23.9 Å². The lowest BCUT2D eigenvalue weighted by Gasteiger charge is -2.30. The molecule has 1 aromatic heterocycles. The molecule has 29 heavy (non-hydrogen) atoms. The lowest BCUT2D eigenvalue weighted by Crippen LogP contribution is -2.47. The van der Waals surface area contributed by atoms with Crippen LogP contribution in [0.15, 0.2) is 71.5 Å². The minimum absolute atomic E-state index is 0.0518. The summed E-state index contributed by atoms with van der Waals surface area (Å²) in [6, 6.07) is 15.5. The van der Waals surface area contributed by atoms with Crippen molar-refractivity contribution in [3.05, 3.63) is 84.3 Å². The van der Waals surface area contributed by atoms with E-state index in [9.17, 15) is 9.18 Å². The Kier molecular flexibility index (Phi) is 4.33. The van der Waals surface area contributed by atoms with E-state index in [4.69, 9.17) is 4.52 Å². The fourth-order valence-corrected chi connectivity index (χ4v) is 3.65. The van der Waals surface area contributed by atoms with Crippen LogP contribution in [0, 0.1) is 5.82 Å². The molecule has 0 aliphatic carbocycles. The number of nitrogens with zero attached hydrogens (tertiary/aromatic N) is 4. The smallest absolute Gasteiger partial charge is 0.251 e. The third-order valence-electron chi connectivity index (χ3n) is 5.15. The summed E-state index contributed by atoms with van der Waals surface area (Å²) in [6.45, 7) is 0.209. The number of halogens is 1. The van der Waals surface area contributed by atoms with E-state index in [1.807, 2.05) is 36.5 Å². The molecule has 0 radical (unpaired) electrons. The molecular formula is C21H18FN5O2. The topological polar surface area (TPSA) is 74.5 Å². The third-order valence-corrected chi connectivity index (χ3v) is 5.15. The lowest BCUT2D eigenvalue weighted by atomic mass is 10.0. The highest BCUT2D eigenvalue weighted by Crippen LogP contribution is 2.31. The zero-order chi connectivity index (χ0) is 19.8. The third kappa shape index (κ3) is 3.38. The Balaban J connectivity index is 1.28. The van der Waals surface area contributed by atoms with Crippen LogP contribution < -0.4 is 5.43 Å². The number of hydrogen-bond acceptors (Lipinski definition) is 6. The minimum Gasteiger partial charge on any atom is -0.337 e. The van der Waals surface area contributed by atoms with Gasteiger partial charge < -0.3 is 14.4 Å². The number of carbonyl (C=O) groups is 1. The zero-order valence-electron chi connectivity index (χ0n) is 15.4. The number of fused-ring (bicyclic) bond motifs is 1. The van der Waals surface area contributed by atoms with Gasteiger partial charge in [-0.1, -0.05) is 47.6 Å². The molecule has 8 heteroatoms. The van der Waals surface area contributed by atoms with Gasteiger partial charge in [-0.3, -0.25) is 4.79 Å². The van der Waals surface area contributed by atoms with Crippen LogP contribution in [0.25, 0.3) is 11.4 Å². The van der Waals surface area contributed by atoms with Crippen LogP contribution >= 0.6 is 0 Å². The number of carbonyl (C=O) groups excluding carboxylic acids is 1. The normalized spacial score (nSPS) is 20.9. The van der Waals surface area contributed by atoms with Crippen molar-refractivity contribution in [1.29, 1.82) is 0 Å². The zero-order valence-corrected chi connectivity index (χ0v) is 15.4. The summed E-state index contributed by atoms with van der Waals surface area (Å²) in [5.74, 6) is 0.538. The van der Waals surface area contributed by atoms with Gasteiger partial charge in [-0.15, -0.1) is 0 Å². The van der Waals surface area contributed by atoms with E-state index in [0.717, 1.165) is 11.1 Å². The fourth-order valence-electron chi connectivity index (χ4n) is 3.65. The van der Waals surface area contributed by atoms with Gasteiger partial charge in [0.15, 0.2) is 0 Å². The summed E-state index contributed by atoms with van der Waals surface area (Å²) in [5, 5.41) is 5.80. The van der Waals surface area contributed by atoms with Crippen LogP contribution in [-0.4, -0.2) is 32.0 Å². The summed E-state index contributed by atoms with van der Waals surface area (Å²) in [6.07, 6.45) is 4.11. The molecule has 3 aromatic rings. The maximum atomic E-state index is 13.2. The van der Waals surface area contributed by atoms with Crippen molar-refractivity contribution in [1.82, 2.24) is 25.5 Å². The maximum Gasteiger partial charge on any atom is 0.251 e. The number of amides is 1. The molecule has 2 aliphatic heterocycles. The molecule has 1 N–H and O–H groups in total. The standard InChI is InChI=1S/C21H18FN5O2/c22-16-8-6-14(7-9-16)17-12-18-21(28)26(10-11-27(18)24-17)13-19-23-20(25-29-19)15-4-2-1-3-5-15/h1-11,17-18,24H,12-13H2. The summed E-state index contributed by atoms with van der Waals surface area (Å²) in [4.78, 5) is 18.9. The lowest BCUT2D eigenvalue weighted by molar-refractivity contribution is -0.135. The predicted molar refractivity (Wildman–Crippen MR) is 102 cm³/mol. The van der Waals surface area contributed by atoms with E-state index in [1.165, 1.54) is 12.1 Å². The highest BCUT2D eigenvalue weighted by atomic mass is 19.1. The summed E-state index contributed by atoms with van der Waals surface area (Å²) >= 11 is 0.